The Kier molecular flexibility index (Phi) is 4.63. The van der Waals surface area contributed by atoms with E-state index in [2.05, 4.69) is 0 Å². The van der Waals surface area contributed by atoms with Crippen LogP contribution in [-0.4, -0.2) is 68.2 Å². The number of hydrogen-bond acceptors (Lipinski definition) is 9. The third-order valence-corrected chi connectivity index (χ3v) is 8.51. The molecule has 7 rings (SSSR count). The van der Waals surface area contributed by atoms with E-state index >= 15 is 0 Å². The molecule has 2 bridgehead atoms. The van der Waals surface area contributed by atoms with Crippen LogP contribution in [0.1, 0.15) is 59.3 Å². The molecule has 0 amide bonds. The van der Waals surface area contributed by atoms with E-state index < -0.39 is 29.4 Å². The molecule has 9 heteroatoms. The van der Waals surface area contributed by atoms with Crippen LogP contribution >= 0.6 is 0 Å². The quantitative estimate of drug-likeness (QED) is 0.473. The van der Waals surface area contributed by atoms with Crippen molar-refractivity contribution in [3.63, 3.8) is 0 Å². The Morgan fingerprint density at radius 2 is 2.03 bits per heavy atom. The molecule has 5 atom stereocenters. The van der Waals surface area contributed by atoms with E-state index in [0.717, 1.165) is 29.5 Å². The molecule has 3 saturated heterocycles. The van der Waals surface area contributed by atoms with Gasteiger partial charge in [0.1, 0.15) is 30.0 Å². The summed E-state index contributed by atoms with van der Waals surface area (Å²) in [6, 6.07) is 1.97. The molecule has 2 aromatic carbocycles. The van der Waals surface area contributed by atoms with E-state index in [1.165, 1.54) is 0 Å². The Morgan fingerprint density at radius 3 is 2.72 bits per heavy atom. The minimum absolute atomic E-state index is 0.0898. The molecular weight excluding hydrogens is 468 g/mol. The van der Waals surface area contributed by atoms with Crippen molar-refractivity contribution >= 4 is 16.6 Å². The molecule has 9 nitrogen and oxygen atoms in total. The number of epoxide rings is 1. The summed E-state index contributed by atoms with van der Waals surface area (Å²) in [4.78, 5) is 12.9. The van der Waals surface area contributed by atoms with Crippen LogP contribution in [0.3, 0.4) is 0 Å². The van der Waals surface area contributed by atoms with E-state index in [9.17, 15) is 9.90 Å². The van der Waals surface area contributed by atoms with Gasteiger partial charge in [-0.3, -0.25) is 4.79 Å². The number of methoxy groups -OCH3 is 2. The zero-order chi connectivity index (χ0) is 25.0. The molecule has 1 aliphatic carbocycles. The first-order valence-electron chi connectivity index (χ1n) is 12.6. The van der Waals surface area contributed by atoms with Crippen molar-refractivity contribution in [3.05, 3.63) is 28.3 Å². The van der Waals surface area contributed by atoms with Crippen LogP contribution in [0.2, 0.25) is 0 Å². The van der Waals surface area contributed by atoms with Crippen molar-refractivity contribution in [2.75, 3.05) is 34.0 Å². The van der Waals surface area contributed by atoms with E-state index in [0.29, 0.717) is 53.9 Å². The minimum Gasteiger partial charge on any atom is -0.506 e. The van der Waals surface area contributed by atoms with Crippen LogP contribution in [-0.2, 0) is 30.1 Å². The Labute approximate surface area is 208 Å². The Bertz CT molecular complexity index is 1310. The first kappa shape index (κ1) is 22.7. The van der Waals surface area contributed by atoms with Gasteiger partial charge in [0.05, 0.1) is 24.7 Å². The van der Waals surface area contributed by atoms with Crippen molar-refractivity contribution in [1.29, 1.82) is 0 Å². The average Bonchev–Trinajstić information content (AvgIpc) is 3.53. The van der Waals surface area contributed by atoms with Crippen LogP contribution in [0.4, 0.5) is 0 Å². The highest BCUT2D eigenvalue weighted by Crippen LogP contribution is 2.71. The molecule has 0 saturated carbocycles. The van der Waals surface area contributed by atoms with Crippen molar-refractivity contribution in [2.24, 2.45) is 0 Å². The lowest BCUT2D eigenvalue weighted by Crippen LogP contribution is -2.68. The molecule has 5 aliphatic rings. The fourth-order valence-corrected chi connectivity index (χ4v) is 6.92. The molecule has 1 N–H and O–H groups in total. The summed E-state index contributed by atoms with van der Waals surface area (Å²) in [6.07, 6.45) is 1.49. The molecule has 192 valence electrons. The first-order valence-corrected chi connectivity index (χ1v) is 12.6. The highest BCUT2D eigenvalue weighted by atomic mass is 16.9. The second-order valence-corrected chi connectivity index (χ2v) is 10.3. The van der Waals surface area contributed by atoms with Gasteiger partial charge in [-0.15, -0.1) is 0 Å². The summed E-state index contributed by atoms with van der Waals surface area (Å²) >= 11 is 0. The minimum atomic E-state index is -1.31. The van der Waals surface area contributed by atoms with E-state index in [1.54, 1.807) is 14.2 Å². The third-order valence-electron chi connectivity index (χ3n) is 8.51. The first-order chi connectivity index (χ1) is 17.4. The predicted octanol–water partition coefficient (Wildman–Crippen LogP) is 3.48. The van der Waals surface area contributed by atoms with Gasteiger partial charge < -0.3 is 38.3 Å². The fraction of sp³-hybridized carbons (Fsp3) is 0.593. The van der Waals surface area contributed by atoms with Crippen LogP contribution < -0.4 is 9.47 Å². The second kappa shape index (κ2) is 7.33. The number of benzene rings is 2. The van der Waals surface area contributed by atoms with Crippen LogP contribution in [0.15, 0.2) is 6.07 Å². The fourth-order valence-electron chi connectivity index (χ4n) is 6.92. The van der Waals surface area contributed by atoms with Gasteiger partial charge in [-0.25, -0.2) is 0 Å². The Morgan fingerprint density at radius 1 is 1.22 bits per heavy atom. The van der Waals surface area contributed by atoms with Crippen molar-refractivity contribution in [1.82, 2.24) is 0 Å². The number of ketones is 1. The summed E-state index contributed by atoms with van der Waals surface area (Å²) in [5, 5.41) is 12.7. The predicted molar refractivity (Wildman–Crippen MR) is 126 cm³/mol. The largest absolute Gasteiger partial charge is 0.506 e. The summed E-state index contributed by atoms with van der Waals surface area (Å²) in [6.45, 7) is 5.08. The van der Waals surface area contributed by atoms with Crippen LogP contribution in [0, 0.1) is 6.92 Å². The van der Waals surface area contributed by atoms with Crippen LogP contribution in [0.5, 0.6) is 17.2 Å². The normalized spacial score (nSPS) is 35.2. The number of carbonyl (C=O) groups is 1. The third kappa shape index (κ3) is 2.41. The summed E-state index contributed by atoms with van der Waals surface area (Å²) in [5.74, 6) is -1.67. The Hall–Kier alpha value is -2.43. The standard InChI is InChI=1S/C27H30O9/c1-5-9-32-12-26-25(11-33-25)27(31-4)24(36-26)23(34-26)17-13(2)10-15-19(22(17)35-27)20(29)18-14(21(15)30-3)7-6-8-16(18)28/h10,23-24,29H,5-9,11-12H2,1-4H3/t23?,24?,25-,26?,27-/m1/s1. The topological polar surface area (TPSA) is 105 Å². The number of aryl methyl sites for hydroxylation is 1. The summed E-state index contributed by atoms with van der Waals surface area (Å²) < 4.78 is 43.7. The highest BCUT2D eigenvalue weighted by molar-refractivity contribution is 6.11. The van der Waals surface area contributed by atoms with Crippen molar-refractivity contribution in [2.45, 2.75) is 68.9 Å². The lowest BCUT2D eigenvalue weighted by atomic mass is 9.78. The van der Waals surface area contributed by atoms with Gasteiger partial charge in [-0.2, -0.15) is 0 Å². The molecule has 3 unspecified atom stereocenters. The highest BCUT2D eigenvalue weighted by Gasteiger charge is 2.91. The van der Waals surface area contributed by atoms with E-state index in [4.69, 9.17) is 33.2 Å². The monoisotopic (exact) mass is 498 g/mol. The van der Waals surface area contributed by atoms with Crippen molar-refractivity contribution < 1.29 is 43.1 Å². The molecule has 0 radical (unpaired) electrons. The Balaban J connectivity index is 1.49. The lowest BCUT2D eigenvalue weighted by Gasteiger charge is -2.48. The average molecular weight is 499 g/mol. The number of ether oxygens (including phenoxy) is 7. The van der Waals surface area contributed by atoms with Gasteiger partial charge in [0, 0.05) is 36.7 Å². The smallest absolute Gasteiger partial charge is 0.276 e. The molecule has 1 spiro atoms. The number of rotatable bonds is 6. The maximum absolute atomic E-state index is 12.9. The SMILES string of the molecule is CCCOCC12OC3c4c(C)cc5c(OC)c6c(c(O)c5c4O[C@](OC)(C3O1)[C@@]21CO1)C(=O)CCC6. The zero-order valence-electron chi connectivity index (χ0n) is 20.9. The maximum Gasteiger partial charge on any atom is 0.276 e. The van der Waals surface area contributed by atoms with Gasteiger partial charge >= 0.3 is 0 Å². The summed E-state index contributed by atoms with van der Waals surface area (Å²) in [7, 11) is 3.16. The van der Waals surface area contributed by atoms with Gasteiger partial charge in [-0.05, 0) is 37.8 Å². The zero-order valence-corrected chi connectivity index (χ0v) is 20.9. The van der Waals surface area contributed by atoms with Gasteiger partial charge in [0.15, 0.2) is 11.9 Å². The van der Waals surface area contributed by atoms with Gasteiger partial charge in [0.2, 0.25) is 11.4 Å². The van der Waals surface area contributed by atoms with E-state index in [1.807, 2.05) is 19.9 Å². The number of Topliss-reactive ketones (excluding diaryl/α,β-unsaturated/α-hetero) is 1. The molecule has 3 fully saturated rings. The number of carbonyl (C=O) groups excluding carboxylic acids is 1. The molecular formula is C27H30O9. The number of aromatic hydroxyl groups is 1. The molecule has 4 aliphatic heterocycles. The maximum atomic E-state index is 12.9. The van der Waals surface area contributed by atoms with Crippen molar-refractivity contribution in [3.8, 4) is 17.2 Å². The summed E-state index contributed by atoms with van der Waals surface area (Å²) in [5.41, 5.74) is 1.70. The molecule has 4 heterocycles. The lowest BCUT2D eigenvalue weighted by molar-refractivity contribution is -0.297. The van der Waals surface area contributed by atoms with Crippen LogP contribution in [0.25, 0.3) is 10.8 Å². The number of phenols is 1. The number of fused-ring (bicyclic) bond motifs is 8. The van der Waals surface area contributed by atoms with Gasteiger partial charge in [0.25, 0.3) is 5.79 Å². The number of hydrogen-bond donors (Lipinski definition) is 1. The molecule has 2 aromatic rings. The van der Waals surface area contributed by atoms with E-state index in [-0.39, 0.29) is 18.1 Å². The second-order valence-electron chi connectivity index (χ2n) is 10.3. The molecule has 36 heavy (non-hydrogen) atoms. The molecule has 0 aromatic heterocycles. The number of phenolic OH excluding ortho intramolecular Hbond substituents is 1. The van der Waals surface area contributed by atoms with Gasteiger partial charge in [-0.1, -0.05) is 6.92 Å².